The lowest BCUT2D eigenvalue weighted by molar-refractivity contribution is 0.168. The summed E-state index contributed by atoms with van der Waals surface area (Å²) in [6.45, 7) is 4.67. The first-order valence-electron chi connectivity index (χ1n) is 6.27. The van der Waals surface area contributed by atoms with Gasteiger partial charge in [0.05, 0.1) is 6.10 Å². The van der Waals surface area contributed by atoms with Crippen molar-refractivity contribution in [1.82, 2.24) is 10.3 Å². The number of fused-ring (bicyclic) bond motifs is 1. The predicted molar refractivity (Wildman–Crippen MR) is 72.8 cm³/mol. The summed E-state index contributed by atoms with van der Waals surface area (Å²) in [5, 5.41) is 23.6. The van der Waals surface area contributed by atoms with Gasteiger partial charge in [0.2, 0.25) is 0 Å². The number of aromatic hydroxyl groups is 1. The Morgan fingerprint density at radius 3 is 2.78 bits per heavy atom. The summed E-state index contributed by atoms with van der Waals surface area (Å²) in [5.41, 5.74) is 1.83. The van der Waals surface area contributed by atoms with Gasteiger partial charge in [0.25, 0.3) is 0 Å². The zero-order valence-electron chi connectivity index (χ0n) is 10.8. The highest BCUT2D eigenvalue weighted by Crippen LogP contribution is 2.25. The van der Waals surface area contributed by atoms with Crippen molar-refractivity contribution >= 4 is 10.9 Å². The van der Waals surface area contributed by atoms with E-state index in [9.17, 15) is 10.2 Å². The molecule has 0 spiro atoms. The molecule has 0 bridgehead atoms. The Balaban J connectivity index is 2.05. The Morgan fingerprint density at radius 1 is 1.33 bits per heavy atom. The van der Waals surface area contributed by atoms with Gasteiger partial charge in [0, 0.05) is 35.6 Å². The number of rotatable bonds is 5. The number of benzene rings is 1. The van der Waals surface area contributed by atoms with Gasteiger partial charge in [-0.15, -0.1) is 0 Å². The van der Waals surface area contributed by atoms with E-state index in [1.165, 1.54) is 0 Å². The highest BCUT2D eigenvalue weighted by Gasteiger charge is 2.10. The lowest BCUT2D eigenvalue weighted by Gasteiger charge is -2.13. The SMILES string of the molecule is CC(C)NCC(O)Cc1cc2c(O)cccc2[nH]1. The van der Waals surface area contributed by atoms with Crippen molar-refractivity contribution < 1.29 is 10.2 Å². The molecule has 1 atom stereocenters. The number of H-pyrrole nitrogens is 1. The molecule has 1 heterocycles. The zero-order valence-corrected chi connectivity index (χ0v) is 10.8. The van der Waals surface area contributed by atoms with Crippen LogP contribution in [0.3, 0.4) is 0 Å². The average molecular weight is 248 g/mol. The summed E-state index contributed by atoms with van der Waals surface area (Å²) >= 11 is 0. The fourth-order valence-corrected chi connectivity index (χ4v) is 2.00. The zero-order chi connectivity index (χ0) is 13.1. The third kappa shape index (κ3) is 3.03. The topological polar surface area (TPSA) is 68.3 Å². The van der Waals surface area contributed by atoms with Crippen LogP contribution in [-0.2, 0) is 6.42 Å². The maximum atomic E-state index is 9.90. The molecule has 18 heavy (non-hydrogen) atoms. The summed E-state index contributed by atoms with van der Waals surface area (Å²) in [6, 6.07) is 7.64. The number of nitrogens with one attached hydrogen (secondary N) is 2. The molecule has 1 aromatic heterocycles. The van der Waals surface area contributed by atoms with E-state index in [-0.39, 0.29) is 5.75 Å². The molecular weight excluding hydrogens is 228 g/mol. The molecule has 0 aliphatic heterocycles. The second-order valence-corrected chi connectivity index (χ2v) is 4.95. The van der Waals surface area contributed by atoms with Crippen LogP contribution in [0.5, 0.6) is 5.75 Å². The summed E-state index contributed by atoms with van der Waals surface area (Å²) in [6.07, 6.45) is 0.121. The lowest BCUT2D eigenvalue weighted by atomic mass is 10.1. The molecular formula is C14H20N2O2. The summed E-state index contributed by atoms with van der Waals surface area (Å²) in [7, 11) is 0. The van der Waals surface area contributed by atoms with Crippen molar-refractivity contribution in [1.29, 1.82) is 0 Å². The van der Waals surface area contributed by atoms with Crippen molar-refractivity contribution in [2.75, 3.05) is 6.54 Å². The minimum absolute atomic E-state index is 0.268. The van der Waals surface area contributed by atoms with Gasteiger partial charge in [-0.25, -0.2) is 0 Å². The first-order chi connectivity index (χ1) is 8.56. The molecule has 0 aliphatic carbocycles. The van der Waals surface area contributed by atoms with Crippen molar-refractivity contribution in [3.05, 3.63) is 30.0 Å². The molecule has 1 aromatic carbocycles. The van der Waals surface area contributed by atoms with Crippen LogP contribution in [0.15, 0.2) is 24.3 Å². The minimum Gasteiger partial charge on any atom is -0.507 e. The van der Waals surface area contributed by atoms with Gasteiger partial charge >= 0.3 is 0 Å². The van der Waals surface area contributed by atoms with E-state index in [0.29, 0.717) is 19.0 Å². The van der Waals surface area contributed by atoms with E-state index in [1.54, 1.807) is 12.1 Å². The lowest BCUT2D eigenvalue weighted by Crippen LogP contribution is -2.33. The van der Waals surface area contributed by atoms with Crippen LogP contribution in [0.1, 0.15) is 19.5 Å². The Morgan fingerprint density at radius 2 is 2.11 bits per heavy atom. The fourth-order valence-electron chi connectivity index (χ4n) is 2.00. The first kappa shape index (κ1) is 12.9. The van der Waals surface area contributed by atoms with Crippen molar-refractivity contribution in [2.45, 2.75) is 32.4 Å². The number of aliphatic hydroxyl groups excluding tert-OH is 1. The average Bonchev–Trinajstić information content (AvgIpc) is 2.70. The Labute approximate surface area is 107 Å². The van der Waals surface area contributed by atoms with Gasteiger partial charge in [-0.3, -0.25) is 0 Å². The van der Waals surface area contributed by atoms with Crippen molar-refractivity contribution in [3.63, 3.8) is 0 Å². The number of aromatic nitrogens is 1. The Hall–Kier alpha value is -1.52. The molecule has 4 N–H and O–H groups in total. The molecule has 4 heteroatoms. The van der Waals surface area contributed by atoms with Gasteiger partial charge in [-0.05, 0) is 18.2 Å². The van der Waals surface area contributed by atoms with Gasteiger partial charge in [0.1, 0.15) is 5.75 Å². The number of hydrogen-bond acceptors (Lipinski definition) is 3. The molecule has 0 radical (unpaired) electrons. The van der Waals surface area contributed by atoms with E-state index in [4.69, 9.17) is 0 Å². The van der Waals surface area contributed by atoms with Gasteiger partial charge in [-0.2, -0.15) is 0 Å². The molecule has 0 saturated heterocycles. The molecule has 2 aromatic rings. The molecule has 2 rings (SSSR count). The molecule has 0 amide bonds. The van der Waals surface area contributed by atoms with Crippen LogP contribution < -0.4 is 5.32 Å². The second kappa shape index (κ2) is 5.42. The first-order valence-corrected chi connectivity index (χ1v) is 6.27. The quantitative estimate of drug-likeness (QED) is 0.652. The van der Waals surface area contributed by atoms with Crippen LogP contribution in [-0.4, -0.2) is 33.9 Å². The Kier molecular flexibility index (Phi) is 3.89. The second-order valence-electron chi connectivity index (χ2n) is 4.95. The fraction of sp³-hybridized carbons (Fsp3) is 0.429. The molecule has 1 unspecified atom stereocenters. The number of aromatic amines is 1. The minimum atomic E-state index is -0.428. The number of phenolic OH excluding ortho intramolecular Hbond substituents is 1. The van der Waals surface area contributed by atoms with Gasteiger partial charge in [0.15, 0.2) is 0 Å². The molecule has 4 nitrogen and oxygen atoms in total. The molecule has 0 saturated carbocycles. The maximum Gasteiger partial charge on any atom is 0.124 e. The van der Waals surface area contributed by atoms with Crippen LogP contribution in [0.2, 0.25) is 0 Å². The van der Waals surface area contributed by atoms with E-state index >= 15 is 0 Å². The van der Waals surface area contributed by atoms with Crippen LogP contribution >= 0.6 is 0 Å². The third-order valence-corrected chi connectivity index (χ3v) is 2.91. The monoisotopic (exact) mass is 248 g/mol. The highest BCUT2D eigenvalue weighted by atomic mass is 16.3. The summed E-state index contributed by atoms with van der Waals surface area (Å²) < 4.78 is 0. The van der Waals surface area contributed by atoms with E-state index < -0.39 is 6.10 Å². The van der Waals surface area contributed by atoms with Crippen molar-refractivity contribution in [2.24, 2.45) is 0 Å². The summed E-state index contributed by atoms with van der Waals surface area (Å²) in [5.74, 6) is 0.268. The van der Waals surface area contributed by atoms with Gasteiger partial charge < -0.3 is 20.5 Å². The van der Waals surface area contributed by atoms with E-state index in [2.05, 4.69) is 10.3 Å². The molecule has 98 valence electrons. The van der Waals surface area contributed by atoms with Crippen LogP contribution in [0, 0.1) is 0 Å². The highest BCUT2D eigenvalue weighted by molar-refractivity contribution is 5.86. The molecule has 0 fully saturated rings. The Bertz CT molecular complexity index is 519. The smallest absolute Gasteiger partial charge is 0.124 e. The predicted octanol–water partition coefficient (Wildman–Crippen LogP) is 1.77. The number of hydrogen-bond donors (Lipinski definition) is 4. The largest absolute Gasteiger partial charge is 0.507 e. The van der Waals surface area contributed by atoms with Crippen LogP contribution in [0.25, 0.3) is 10.9 Å². The van der Waals surface area contributed by atoms with Crippen LogP contribution in [0.4, 0.5) is 0 Å². The number of phenols is 1. The third-order valence-electron chi connectivity index (χ3n) is 2.91. The van der Waals surface area contributed by atoms with Crippen molar-refractivity contribution in [3.8, 4) is 5.75 Å². The summed E-state index contributed by atoms with van der Waals surface area (Å²) in [4.78, 5) is 3.21. The number of aliphatic hydroxyl groups is 1. The maximum absolute atomic E-state index is 9.90. The van der Waals surface area contributed by atoms with Gasteiger partial charge in [-0.1, -0.05) is 19.9 Å². The van der Waals surface area contributed by atoms with E-state index in [0.717, 1.165) is 16.6 Å². The normalized spacial score (nSPS) is 13.3. The standard InChI is InChI=1S/C14H20N2O2/c1-9(2)15-8-11(17)6-10-7-12-13(16-10)4-3-5-14(12)18/h3-5,7,9,11,15-18H,6,8H2,1-2H3. The van der Waals surface area contributed by atoms with E-state index in [1.807, 2.05) is 26.0 Å². The molecule has 0 aliphatic rings.